The maximum Gasteiger partial charge on any atom is 0.238 e. The molecule has 0 fully saturated rings. The highest BCUT2D eigenvalue weighted by Crippen LogP contribution is 2.16. The summed E-state index contributed by atoms with van der Waals surface area (Å²) in [4.78, 5) is 4.51. The van der Waals surface area contributed by atoms with Gasteiger partial charge in [-0.25, -0.2) is 18.5 Å². The van der Waals surface area contributed by atoms with Crippen LogP contribution in [0.4, 0.5) is 0 Å². The maximum atomic E-state index is 11.2. The van der Waals surface area contributed by atoms with E-state index in [-0.39, 0.29) is 10.9 Å². The topological polar surface area (TPSA) is 85.1 Å². The Balaban J connectivity index is 2.00. The average molecular weight is 311 g/mol. The van der Waals surface area contributed by atoms with Crippen LogP contribution in [0, 0.1) is 6.92 Å². The Morgan fingerprint density at radius 2 is 2.00 bits per heavy atom. The first kappa shape index (κ1) is 15.1. The molecule has 1 aromatic heterocycles. The van der Waals surface area contributed by atoms with E-state index >= 15 is 0 Å². The second-order valence-electron chi connectivity index (χ2n) is 4.57. The van der Waals surface area contributed by atoms with Crippen molar-refractivity contribution >= 4 is 21.4 Å². The second-order valence-corrected chi connectivity index (χ2v) is 7.20. The van der Waals surface area contributed by atoms with E-state index in [1.54, 1.807) is 23.5 Å². The first-order chi connectivity index (χ1) is 9.36. The third-order valence-electron chi connectivity index (χ3n) is 2.96. The zero-order valence-electron chi connectivity index (χ0n) is 11.3. The molecule has 108 valence electrons. The van der Waals surface area contributed by atoms with Gasteiger partial charge in [-0.05, 0) is 31.5 Å². The molecule has 2 aromatic rings. The Kier molecular flexibility index (Phi) is 4.54. The van der Waals surface area contributed by atoms with Crippen molar-refractivity contribution in [2.24, 2.45) is 5.14 Å². The molecule has 5 nitrogen and oxygen atoms in total. The molecule has 0 spiro atoms. The van der Waals surface area contributed by atoms with Crippen molar-refractivity contribution in [1.29, 1.82) is 0 Å². The number of rotatable bonds is 5. The minimum Gasteiger partial charge on any atom is -0.305 e. The Bertz CT molecular complexity index is 678. The van der Waals surface area contributed by atoms with E-state index in [4.69, 9.17) is 5.14 Å². The molecule has 0 radical (unpaired) electrons. The highest BCUT2D eigenvalue weighted by atomic mass is 32.2. The predicted molar refractivity (Wildman–Crippen MR) is 79.9 cm³/mol. The van der Waals surface area contributed by atoms with E-state index < -0.39 is 10.0 Å². The molecule has 0 saturated carbocycles. The average Bonchev–Trinajstić information content (AvgIpc) is 2.81. The Morgan fingerprint density at radius 1 is 1.35 bits per heavy atom. The van der Waals surface area contributed by atoms with E-state index in [1.807, 2.05) is 19.2 Å². The standard InChI is InChI=1S/C13H17N3O2S2/c1-9(15-7-12-8-19-10(2)16-12)11-3-5-13(6-4-11)20(14,17)18/h3-6,8-9,15H,7H2,1-2H3,(H2,14,17,18). The Labute approximate surface area is 122 Å². The number of sulfonamides is 1. The Morgan fingerprint density at radius 3 is 2.50 bits per heavy atom. The quantitative estimate of drug-likeness (QED) is 0.884. The summed E-state index contributed by atoms with van der Waals surface area (Å²) in [6, 6.07) is 6.69. The molecular formula is C13H17N3O2S2. The fourth-order valence-corrected chi connectivity index (χ4v) is 2.94. The van der Waals surface area contributed by atoms with Gasteiger partial charge in [-0.1, -0.05) is 12.1 Å². The first-order valence-corrected chi connectivity index (χ1v) is 8.56. The summed E-state index contributed by atoms with van der Waals surface area (Å²) in [6.07, 6.45) is 0. The number of primary sulfonamides is 1. The van der Waals surface area contributed by atoms with Crippen molar-refractivity contribution in [1.82, 2.24) is 10.3 Å². The van der Waals surface area contributed by atoms with Crippen molar-refractivity contribution in [3.63, 3.8) is 0 Å². The third kappa shape index (κ3) is 3.86. The number of nitrogens with one attached hydrogen (secondary N) is 1. The number of nitrogens with two attached hydrogens (primary N) is 1. The lowest BCUT2D eigenvalue weighted by molar-refractivity contribution is 0.568. The first-order valence-electron chi connectivity index (χ1n) is 6.13. The zero-order valence-corrected chi connectivity index (χ0v) is 13.0. The molecule has 0 saturated heterocycles. The van der Waals surface area contributed by atoms with Gasteiger partial charge in [0.1, 0.15) is 0 Å². The molecule has 2 rings (SSSR count). The lowest BCUT2D eigenvalue weighted by Gasteiger charge is -2.13. The number of aromatic nitrogens is 1. The number of benzene rings is 1. The minimum atomic E-state index is -3.63. The summed E-state index contributed by atoms with van der Waals surface area (Å²) in [5.41, 5.74) is 2.02. The van der Waals surface area contributed by atoms with Crippen molar-refractivity contribution < 1.29 is 8.42 Å². The maximum absolute atomic E-state index is 11.2. The summed E-state index contributed by atoms with van der Waals surface area (Å²) in [7, 11) is -3.63. The van der Waals surface area contributed by atoms with Crippen LogP contribution in [0.25, 0.3) is 0 Å². The number of thiazole rings is 1. The van der Waals surface area contributed by atoms with Crippen LogP contribution in [-0.2, 0) is 16.6 Å². The number of nitrogens with zero attached hydrogens (tertiary/aromatic N) is 1. The summed E-state index contributed by atoms with van der Waals surface area (Å²) < 4.78 is 22.4. The van der Waals surface area contributed by atoms with Gasteiger partial charge in [-0.3, -0.25) is 0 Å². The van der Waals surface area contributed by atoms with Crippen molar-refractivity contribution in [2.75, 3.05) is 0 Å². The fraction of sp³-hybridized carbons (Fsp3) is 0.308. The highest BCUT2D eigenvalue weighted by molar-refractivity contribution is 7.89. The van der Waals surface area contributed by atoms with Crippen LogP contribution in [0.1, 0.15) is 29.2 Å². The van der Waals surface area contributed by atoms with Crippen LogP contribution in [0.3, 0.4) is 0 Å². The highest BCUT2D eigenvalue weighted by Gasteiger charge is 2.10. The number of aryl methyl sites for hydroxylation is 1. The lowest BCUT2D eigenvalue weighted by Crippen LogP contribution is -2.18. The van der Waals surface area contributed by atoms with Crippen molar-refractivity contribution in [3.05, 3.63) is 45.9 Å². The minimum absolute atomic E-state index is 0.103. The van der Waals surface area contributed by atoms with Crippen molar-refractivity contribution in [2.45, 2.75) is 31.3 Å². The van der Waals surface area contributed by atoms with Gasteiger partial charge in [-0.15, -0.1) is 11.3 Å². The summed E-state index contributed by atoms with van der Waals surface area (Å²) in [6.45, 7) is 4.68. The van der Waals surface area contributed by atoms with Crippen LogP contribution in [0.2, 0.25) is 0 Å². The molecule has 1 heterocycles. The molecule has 1 atom stereocenters. The van der Waals surface area contributed by atoms with Crippen LogP contribution >= 0.6 is 11.3 Å². The molecule has 3 N–H and O–H groups in total. The Hall–Kier alpha value is -1.28. The smallest absolute Gasteiger partial charge is 0.238 e. The largest absolute Gasteiger partial charge is 0.305 e. The zero-order chi connectivity index (χ0) is 14.8. The summed E-state index contributed by atoms with van der Waals surface area (Å²) in [5, 5.41) is 11.5. The van der Waals surface area contributed by atoms with Gasteiger partial charge in [0.2, 0.25) is 10.0 Å². The van der Waals surface area contributed by atoms with E-state index in [2.05, 4.69) is 10.3 Å². The monoisotopic (exact) mass is 311 g/mol. The van der Waals surface area contributed by atoms with Gasteiger partial charge in [0, 0.05) is 18.0 Å². The molecule has 1 aromatic carbocycles. The summed E-state index contributed by atoms with van der Waals surface area (Å²) >= 11 is 1.62. The SMILES string of the molecule is Cc1nc(CNC(C)c2ccc(S(N)(=O)=O)cc2)cs1. The molecule has 7 heteroatoms. The molecule has 0 aliphatic heterocycles. The molecule has 0 aliphatic rings. The van der Waals surface area contributed by atoms with Crippen molar-refractivity contribution in [3.8, 4) is 0 Å². The molecular weight excluding hydrogens is 294 g/mol. The van der Waals surface area contributed by atoms with Crippen LogP contribution in [0.15, 0.2) is 34.5 Å². The molecule has 0 bridgehead atoms. The molecule has 0 aliphatic carbocycles. The second kappa shape index (κ2) is 6.01. The van der Waals surface area contributed by atoms with Gasteiger partial charge < -0.3 is 5.32 Å². The van der Waals surface area contributed by atoms with Gasteiger partial charge >= 0.3 is 0 Å². The normalized spacial score (nSPS) is 13.3. The van der Waals surface area contributed by atoms with Gasteiger partial charge in [0.25, 0.3) is 0 Å². The summed E-state index contributed by atoms with van der Waals surface area (Å²) in [5.74, 6) is 0. The van der Waals surface area contributed by atoms with Gasteiger partial charge in [0.15, 0.2) is 0 Å². The van der Waals surface area contributed by atoms with Gasteiger partial charge in [0.05, 0.1) is 15.6 Å². The van der Waals surface area contributed by atoms with Crippen LogP contribution in [0.5, 0.6) is 0 Å². The lowest BCUT2D eigenvalue weighted by atomic mass is 10.1. The third-order valence-corrected chi connectivity index (χ3v) is 4.72. The molecule has 0 amide bonds. The van der Waals surface area contributed by atoms with E-state index in [0.717, 1.165) is 16.3 Å². The number of hydrogen-bond acceptors (Lipinski definition) is 5. The van der Waals surface area contributed by atoms with Crippen LogP contribution in [-0.4, -0.2) is 13.4 Å². The van der Waals surface area contributed by atoms with E-state index in [1.165, 1.54) is 12.1 Å². The van der Waals surface area contributed by atoms with E-state index in [0.29, 0.717) is 6.54 Å². The van der Waals surface area contributed by atoms with E-state index in [9.17, 15) is 8.42 Å². The fourth-order valence-electron chi connectivity index (χ4n) is 1.81. The predicted octanol–water partition coefficient (Wildman–Crippen LogP) is 1.95. The van der Waals surface area contributed by atoms with Crippen LogP contribution < -0.4 is 10.5 Å². The molecule has 20 heavy (non-hydrogen) atoms. The van der Waals surface area contributed by atoms with Gasteiger partial charge in [-0.2, -0.15) is 0 Å². The number of hydrogen-bond donors (Lipinski definition) is 2. The molecule has 1 unspecified atom stereocenters.